The SMILES string of the molecule is CC(C)[C@H]1CC(=O)N[C@H](Cc2ccccc2)C(=O)N[C@H](C)C(=O)N[C@H](Cc2ccccc2)C(=O)O1. The molecule has 3 N–H and O–H groups in total. The highest BCUT2D eigenvalue weighted by Gasteiger charge is 2.32. The van der Waals surface area contributed by atoms with Gasteiger partial charge >= 0.3 is 5.97 Å². The smallest absolute Gasteiger partial charge is 0.329 e. The van der Waals surface area contributed by atoms with Gasteiger partial charge in [0.2, 0.25) is 17.7 Å². The third-order valence-corrected chi connectivity index (χ3v) is 5.97. The van der Waals surface area contributed by atoms with Crippen molar-refractivity contribution in [2.45, 2.75) is 64.3 Å². The molecule has 4 atom stereocenters. The first-order valence-electron chi connectivity index (χ1n) is 11.9. The van der Waals surface area contributed by atoms with E-state index in [1.54, 1.807) is 0 Å². The number of ether oxygens (including phenoxy) is 1. The molecule has 1 heterocycles. The molecular weight excluding hydrogens is 446 g/mol. The van der Waals surface area contributed by atoms with E-state index < -0.39 is 47.9 Å². The summed E-state index contributed by atoms with van der Waals surface area (Å²) in [6, 6.07) is 15.8. The average Bonchev–Trinajstić information content (AvgIpc) is 2.83. The van der Waals surface area contributed by atoms with Crippen molar-refractivity contribution in [2.24, 2.45) is 5.92 Å². The Morgan fingerprint density at radius 2 is 1.31 bits per heavy atom. The molecule has 0 bridgehead atoms. The minimum absolute atomic E-state index is 0.0937. The quantitative estimate of drug-likeness (QED) is 0.567. The van der Waals surface area contributed by atoms with Gasteiger partial charge in [0.15, 0.2) is 0 Å². The molecule has 0 aliphatic carbocycles. The standard InChI is InChI=1S/C27H33N3O5/c1-17(2)23-16-24(31)29-21(14-19-10-6-4-7-11-19)26(33)28-18(3)25(32)30-22(27(34)35-23)15-20-12-8-5-9-13-20/h4-13,17-18,21-23H,14-16H2,1-3H3,(H,28,33)(H,29,31)(H,30,32)/t18-,21-,22-,23-/m1/s1. The van der Waals surface area contributed by atoms with Crippen molar-refractivity contribution in [3.8, 4) is 0 Å². The van der Waals surface area contributed by atoms with Crippen LogP contribution in [0.5, 0.6) is 0 Å². The lowest BCUT2D eigenvalue weighted by atomic mass is 10.0. The van der Waals surface area contributed by atoms with Gasteiger partial charge < -0.3 is 20.7 Å². The van der Waals surface area contributed by atoms with Crippen molar-refractivity contribution >= 4 is 23.7 Å². The highest BCUT2D eigenvalue weighted by Crippen LogP contribution is 2.15. The second kappa shape index (κ2) is 12.1. The number of hydrogen-bond donors (Lipinski definition) is 3. The molecule has 3 amide bonds. The maximum absolute atomic E-state index is 13.1. The fourth-order valence-electron chi connectivity index (χ4n) is 3.86. The molecule has 0 spiro atoms. The summed E-state index contributed by atoms with van der Waals surface area (Å²) in [4.78, 5) is 52.0. The van der Waals surface area contributed by atoms with Gasteiger partial charge in [-0.1, -0.05) is 74.5 Å². The van der Waals surface area contributed by atoms with Crippen LogP contribution in [0, 0.1) is 5.92 Å². The number of carbonyl (C=O) groups is 4. The van der Waals surface area contributed by atoms with Crippen LogP contribution in [0.1, 0.15) is 38.3 Å². The van der Waals surface area contributed by atoms with Crippen molar-refractivity contribution in [3.05, 3.63) is 71.8 Å². The van der Waals surface area contributed by atoms with Crippen molar-refractivity contribution in [3.63, 3.8) is 0 Å². The van der Waals surface area contributed by atoms with Crippen LogP contribution in [0.25, 0.3) is 0 Å². The van der Waals surface area contributed by atoms with Crippen LogP contribution >= 0.6 is 0 Å². The zero-order valence-corrected chi connectivity index (χ0v) is 20.3. The van der Waals surface area contributed by atoms with Crippen molar-refractivity contribution < 1.29 is 23.9 Å². The predicted octanol–water partition coefficient (Wildman–Crippen LogP) is 1.92. The molecule has 2 aromatic rings. The van der Waals surface area contributed by atoms with Gasteiger partial charge in [-0.25, -0.2) is 4.79 Å². The number of cyclic esters (lactones) is 1. The summed E-state index contributed by atoms with van der Waals surface area (Å²) >= 11 is 0. The molecule has 8 heteroatoms. The highest BCUT2D eigenvalue weighted by atomic mass is 16.5. The summed E-state index contributed by atoms with van der Waals surface area (Å²) in [6.45, 7) is 5.24. The van der Waals surface area contributed by atoms with Crippen LogP contribution in [0.4, 0.5) is 0 Å². The van der Waals surface area contributed by atoms with Crippen molar-refractivity contribution in [2.75, 3.05) is 0 Å². The second-order valence-corrected chi connectivity index (χ2v) is 9.21. The van der Waals surface area contributed by atoms with Crippen molar-refractivity contribution in [1.82, 2.24) is 16.0 Å². The molecule has 0 unspecified atom stereocenters. The highest BCUT2D eigenvalue weighted by molar-refractivity contribution is 5.94. The third-order valence-electron chi connectivity index (χ3n) is 5.97. The van der Waals surface area contributed by atoms with Crippen LogP contribution in [0.2, 0.25) is 0 Å². The van der Waals surface area contributed by atoms with Crippen LogP contribution in [0.15, 0.2) is 60.7 Å². The molecule has 1 saturated heterocycles. The third kappa shape index (κ3) is 7.67. The number of benzene rings is 2. The Kier molecular flexibility index (Phi) is 9.00. The fraction of sp³-hybridized carbons (Fsp3) is 0.407. The average molecular weight is 480 g/mol. The Bertz CT molecular complexity index is 1030. The Balaban J connectivity index is 1.87. The molecule has 3 rings (SSSR count). The first-order chi connectivity index (χ1) is 16.7. The topological polar surface area (TPSA) is 114 Å². The van der Waals surface area contributed by atoms with Gasteiger partial charge in [-0.05, 0) is 24.0 Å². The van der Waals surface area contributed by atoms with Gasteiger partial charge in [0.05, 0.1) is 6.42 Å². The van der Waals surface area contributed by atoms with E-state index in [0.717, 1.165) is 11.1 Å². The molecule has 0 aromatic heterocycles. The largest absolute Gasteiger partial charge is 0.460 e. The van der Waals surface area contributed by atoms with E-state index in [0.29, 0.717) is 0 Å². The van der Waals surface area contributed by atoms with E-state index in [-0.39, 0.29) is 25.2 Å². The summed E-state index contributed by atoms with van der Waals surface area (Å²) in [5.74, 6) is -2.16. The van der Waals surface area contributed by atoms with E-state index in [2.05, 4.69) is 16.0 Å². The van der Waals surface area contributed by atoms with Gasteiger partial charge in [-0.2, -0.15) is 0 Å². The zero-order valence-electron chi connectivity index (χ0n) is 20.3. The zero-order chi connectivity index (χ0) is 25.4. The molecule has 1 aliphatic heterocycles. The summed E-state index contributed by atoms with van der Waals surface area (Å²) in [6.07, 6.45) is -0.324. The lowest BCUT2D eigenvalue weighted by Crippen LogP contribution is -2.55. The maximum atomic E-state index is 13.1. The molecule has 2 aromatic carbocycles. The number of amides is 3. The normalized spacial score (nSPS) is 24.2. The van der Waals surface area contributed by atoms with E-state index >= 15 is 0 Å². The summed E-state index contributed by atoms with van der Waals surface area (Å²) < 4.78 is 5.72. The Labute approximate surface area is 205 Å². The lowest BCUT2D eigenvalue weighted by Gasteiger charge is -2.25. The van der Waals surface area contributed by atoms with E-state index in [1.807, 2.05) is 74.5 Å². The molecule has 0 saturated carbocycles. The number of carbonyl (C=O) groups excluding carboxylic acids is 4. The van der Waals surface area contributed by atoms with E-state index in [4.69, 9.17) is 4.74 Å². The van der Waals surface area contributed by atoms with Gasteiger partial charge in [0.1, 0.15) is 24.2 Å². The Morgan fingerprint density at radius 3 is 1.86 bits per heavy atom. The van der Waals surface area contributed by atoms with E-state index in [1.165, 1.54) is 6.92 Å². The molecule has 186 valence electrons. The van der Waals surface area contributed by atoms with Gasteiger partial charge in [-0.3, -0.25) is 14.4 Å². The van der Waals surface area contributed by atoms with Crippen LogP contribution in [0.3, 0.4) is 0 Å². The molecule has 1 aliphatic rings. The molecule has 8 nitrogen and oxygen atoms in total. The summed E-state index contributed by atoms with van der Waals surface area (Å²) in [7, 11) is 0. The number of nitrogens with one attached hydrogen (secondary N) is 3. The Morgan fingerprint density at radius 1 is 0.771 bits per heavy atom. The van der Waals surface area contributed by atoms with Gasteiger partial charge in [0, 0.05) is 12.8 Å². The number of esters is 1. The van der Waals surface area contributed by atoms with Crippen LogP contribution < -0.4 is 16.0 Å². The van der Waals surface area contributed by atoms with Gasteiger partial charge in [0.25, 0.3) is 0 Å². The molecule has 0 radical (unpaired) electrons. The molecule has 1 fully saturated rings. The fourth-order valence-corrected chi connectivity index (χ4v) is 3.86. The number of hydrogen-bond acceptors (Lipinski definition) is 5. The monoisotopic (exact) mass is 479 g/mol. The van der Waals surface area contributed by atoms with Crippen molar-refractivity contribution in [1.29, 1.82) is 0 Å². The van der Waals surface area contributed by atoms with Crippen LogP contribution in [-0.4, -0.2) is 47.9 Å². The van der Waals surface area contributed by atoms with E-state index in [9.17, 15) is 19.2 Å². The Hall–Kier alpha value is -3.68. The van der Waals surface area contributed by atoms with Gasteiger partial charge in [-0.15, -0.1) is 0 Å². The summed E-state index contributed by atoms with van der Waals surface area (Å²) in [5.41, 5.74) is 1.71. The first kappa shape index (κ1) is 25.9. The first-order valence-corrected chi connectivity index (χ1v) is 11.9. The molecule has 35 heavy (non-hydrogen) atoms. The minimum atomic E-state index is -0.963. The second-order valence-electron chi connectivity index (χ2n) is 9.21. The summed E-state index contributed by atoms with van der Waals surface area (Å²) in [5, 5.41) is 8.17. The van der Waals surface area contributed by atoms with Crippen LogP contribution in [-0.2, 0) is 36.8 Å². The lowest BCUT2D eigenvalue weighted by molar-refractivity contribution is -0.156. The maximum Gasteiger partial charge on any atom is 0.329 e. The number of rotatable bonds is 5. The minimum Gasteiger partial charge on any atom is -0.460 e. The predicted molar refractivity (Wildman–Crippen MR) is 131 cm³/mol. The molecular formula is C27H33N3O5.